The lowest BCUT2D eigenvalue weighted by molar-refractivity contribution is 0.291. The quantitative estimate of drug-likeness (QED) is 0.506. The second-order valence-corrected chi connectivity index (χ2v) is 3.36. The van der Waals surface area contributed by atoms with Crippen molar-refractivity contribution in [2.45, 2.75) is 24.1 Å². The van der Waals surface area contributed by atoms with Crippen molar-refractivity contribution in [3.63, 3.8) is 0 Å². The second-order valence-electron chi connectivity index (χ2n) is 2.06. The van der Waals surface area contributed by atoms with E-state index in [0.29, 0.717) is 0 Å². The van der Waals surface area contributed by atoms with Crippen LogP contribution in [-0.2, 0) is 0 Å². The summed E-state index contributed by atoms with van der Waals surface area (Å²) in [5.41, 5.74) is 5.28. The molecule has 0 saturated carbocycles. The maximum absolute atomic E-state index is 8.56. The van der Waals surface area contributed by atoms with E-state index in [9.17, 15) is 0 Å². The maximum atomic E-state index is 8.56. The molecule has 0 radical (unpaired) electrons. The van der Waals surface area contributed by atoms with Gasteiger partial charge in [-0.3, -0.25) is 0 Å². The van der Waals surface area contributed by atoms with E-state index < -0.39 is 0 Å². The van der Waals surface area contributed by atoms with Gasteiger partial charge in [0.15, 0.2) is 0 Å². The lowest BCUT2D eigenvalue weighted by Crippen LogP contribution is -2.05. The molecule has 0 fully saturated rings. The Balaban J connectivity index is 2.88. The summed E-state index contributed by atoms with van der Waals surface area (Å²) in [4.78, 5) is 0.268. The third-order valence-electron chi connectivity index (χ3n) is 1.17. The van der Waals surface area contributed by atoms with Gasteiger partial charge in [0.05, 0.1) is 6.61 Å². The van der Waals surface area contributed by atoms with Crippen molar-refractivity contribution in [1.29, 1.82) is 0 Å². The number of alkyl halides is 1. The minimum absolute atomic E-state index is 0.227. The summed E-state index contributed by atoms with van der Waals surface area (Å²) in [6.45, 7) is 0.982. The van der Waals surface area contributed by atoms with Crippen LogP contribution in [0.2, 0.25) is 0 Å². The van der Waals surface area contributed by atoms with Crippen LogP contribution in [0.4, 0.5) is 0 Å². The molecule has 0 aromatic carbocycles. The first-order chi connectivity index (χ1) is 4.31. The molecule has 0 aromatic rings. The molecular formula is C6H14BrNO. The minimum Gasteiger partial charge on any atom is -0.395 e. The summed E-state index contributed by atoms with van der Waals surface area (Å²) in [6.07, 6.45) is 3.18. The molecular weight excluding hydrogens is 182 g/mol. The number of halogens is 1. The van der Waals surface area contributed by atoms with Crippen LogP contribution < -0.4 is 5.73 Å². The Morgan fingerprint density at radius 2 is 2.11 bits per heavy atom. The molecule has 3 heteroatoms. The van der Waals surface area contributed by atoms with Gasteiger partial charge < -0.3 is 10.8 Å². The summed E-state index contributed by atoms with van der Waals surface area (Å²) in [5.74, 6) is 0. The molecule has 0 heterocycles. The van der Waals surface area contributed by atoms with Crippen LogP contribution in [0, 0.1) is 0 Å². The fourth-order valence-electron chi connectivity index (χ4n) is 0.601. The highest BCUT2D eigenvalue weighted by Crippen LogP contribution is 2.07. The zero-order valence-corrected chi connectivity index (χ0v) is 7.10. The van der Waals surface area contributed by atoms with E-state index in [2.05, 4.69) is 15.9 Å². The van der Waals surface area contributed by atoms with E-state index in [-0.39, 0.29) is 11.4 Å². The molecule has 56 valence electrons. The number of unbranched alkanes of at least 4 members (excludes halogenated alkanes) is 1. The molecule has 0 aliphatic carbocycles. The lowest BCUT2D eigenvalue weighted by Gasteiger charge is -2.03. The standard InChI is InChI=1S/C6H14BrNO/c7-6(5-9)3-1-2-4-8/h6,9H,1-5,8H2. The lowest BCUT2D eigenvalue weighted by atomic mass is 10.2. The van der Waals surface area contributed by atoms with Crippen LogP contribution in [0.3, 0.4) is 0 Å². The highest BCUT2D eigenvalue weighted by molar-refractivity contribution is 9.09. The predicted octanol–water partition coefficient (Wildman–Crippen LogP) is 0.871. The van der Waals surface area contributed by atoms with Crippen LogP contribution in [0.15, 0.2) is 0 Å². The Kier molecular flexibility index (Phi) is 6.81. The van der Waals surface area contributed by atoms with Gasteiger partial charge in [0, 0.05) is 4.83 Å². The average Bonchev–Trinajstić information content (AvgIpc) is 1.89. The first-order valence-electron chi connectivity index (χ1n) is 3.26. The third kappa shape index (κ3) is 6.28. The van der Waals surface area contributed by atoms with Crippen molar-refractivity contribution < 1.29 is 5.11 Å². The Morgan fingerprint density at radius 3 is 2.56 bits per heavy atom. The summed E-state index contributed by atoms with van der Waals surface area (Å²) < 4.78 is 0. The molecule has 9 heavy (non-hydrogen) atoms. The highest BCUT2D eigenvalue weighted by atomic mass is 79.9. The number of aliphatic hydroxyl groups excluding tert-OH is 1. The highest BCUT2D eigenvalue weighted by Gasteiger charge is 1.99. The molecule has 0 spiro atoms. The molecule has 1 unspecified atom stereocenters. The van der Waals surface area contributed by atoms with Crippen molar-refractivity contribution in [3.05, 3.63) is 0 Å². The largest absolute Gasteiger partial charge is 0.395 e. The second kappa shape index (κ2) is 6.52. The molecule has 2 nitrogen and oxygen atoms in total. The fourth-order valence-corrected chi connectivity index (χ4v) is 0.925. The number of hydrogen-bond acceptors (Lipinski definition) is 2. The van der Waals surface area contributed by atoms with Crippen LogP contribution in [0.25, 0.3) is 0 Å². The molecule has 0 aliphatic rings. The number of hydrogen-bond donors (Lipinski definition) is 2. The molecule has 0 rings (SSSR count). The van der Waals surface area contributed by atoms with Crippen LogP contribution in [0.5, 0.6) is 0 Å². The fraction of sp³-hybridized carbons (Fsp3) is 1.00. The summed E-state index contributed by atoms with van der Waals surface area (Å²) in [6, 6.07) is 0. The van der Waals surface area contributed by atoms with Crippen molar-refractivity contribution in [2.24, 2.45) is 5.73 Å². The van der Waals surface area contributed by atoms with Gasteiger partial charge in [-0.05, 0) is 19.4 Å². The monoisotopic (exact) mass is 195 g/mol. The normalized spacial score (nSPS) is 13.7. The summed E-state index contributed by atoms with van der Waals surface area (Å²) >= 11 is 3.32. The van der Waals surface area contributed by atoms with Gasteiger partial charge in [0.1, 0.15) is 0 Å². The molecule has 3 N–H and O–H groups in total. The summed E-state index contributed by atoms with van der Waals surface area (Å²) in [5, 5.41) is 8.56. The van der Waals surface area contributed by atoms with E-state index in [0.717, 1.165) is 25.8 Å². The topological polar surface area (TPSA) is 46.2 Å². The van der Waals surface area contributed by atoms with Crippen LogP contribution >= 0.6 is 15.9 Å². The Bertz CT molecular complexity index is 61.0. The van der Waals surface area contributed by atoms with Gasteiger partial charge in [0.2, 0.25) is 0 Å². The first-order valence-corrected chi connectivity index (χ1v) is 4.17. The van der Waals surface area contributed by atoms with Gasteiger partial charge in [-0.15, -0.1) is 0 Å². The zero-order chi connectivity index (χ0) is 7.11. The van der Waals surface area contributed by atoms with Crippen LogP contribution in [0.1, 0.15) is 19.3 Å². The number of nitrogens with two attached hydrogens (primary N) is 1. The molecule has 0 bridgehead atoms. The molecule has 0 aromatic heterocycles. The van der Waals surface area contributed by atoms with E-state index in [1.54, 1.807) is 0 Å². The summed E-state index contributed by atoms with van der Waals surface area (Å²) in [7, 11) is 0. The first kappa shape index (κ1) is 9.40. The van der Waals surface area contributed by atoms with E-state index in [1.807, 2.05) is 0 Å². The molecule has 1 atom stereocenters. The van der Waals surface area contributed by atoms with Crippen molar-refractivity contribution in [1.82, 2.24) is 0 Å². The smallest absolute Gasteiger partial charge is 0.0556 e. The van der Waals surface area contributed by atoms with Gasteiger partial charge in [-0.2, -0.15) is 0 Å². The van der Waals surface area contributed by atoms with Crippen molar-refractivity contribution >= 4 is 15.9 Å². The van der Waals surface area contributed by atoms with Gasteiger partial charge in [0.25, 0.3) is 0 Å². The Hall–Kier alpha value is 0.400. The minimum atomic E-state index is 0.227. The van der Waals surface area contributed by atoms with Gasteiger partial charge >= 0.3 is 0 Å². The number of aliphatic hydroxyl groups is 1. The zero-order valence-electron chi connectivity index (χ0n) is 5.52. The molecule has 0 saturated heterocycles. The Labute approximate surface area is 64.6 Å². The third-order valence-corrected chi connectivity index (χ3v) is 1.92. The van der Waals surface area contributed by atoms with Gasteiger partial charge in [-0.1, -0.05) is 22.4 Å². The maximum Gasteiger partial charge on any atom is 0.0556 e. The average molecular weight is 196 g/mol. The molecule has 0 aliphatic heterocycles. The molecule has 0 amide bonds. The van der Waals surface area contributed by atoms with Crippen LogP contribution in [-0.4, -0.2) is 23.1 Å². The van der Waals surface area contributed by atoms with E-state index in [4.69, 9.17) is 10.8 Å². The predicted molar refractivity (Wildman–Crippen MR) is 42.7 cm³/mol. The Morgan fingerprint density at radius 1 is 1.44 bits per heavy atom. The van der Waals surface area contributed by atoms with Crippen molar-refractivity contribution in [2.75, 3.05) is 13.2 Å². The van der Waals surface area contributed by atoms with Gasteiger partial charge in [-0.25, -0.2) is 0 Å². The number of rotatable bonds is 5. The SMILES string of the molecule is NCCCCC(Br)CO. The van der Waals surface area contributed by atoms with E-state index in [1.165, 1.54) is 0 Å². The van der Waals surface area contributed by atoms with E-state index >= 15 is 0 Å². The van der Waals surface area contributed by atoms with Crippen molar-refractivity contribution in [3.8, 4) is 0 Å².